The van der Waals surface area contributed by atoms with E-state index in [-0.39, 0.29) is 87.1 Å². The zero-order valence-electron chi connectivity index (χ0n) is 90.1. The molecule has 4 unspecified atom stereocenters. The first-order valence-electron chi connectivity index (χ1n) is 54.0. The Morgan fingerprint density at radius 1 is 0.433 bits per heavy atom. The van der Waals surface area contributed by atoms with E-state index in [0.29, 0.717) is 62.3 Å². The van der Waals surface area contributed by atoms with Gasteiger partial charge in [-0.05, 0) is 342 Å². The van der Waals surface area contributed by atoms with E-state index < -0.39 is 17.6 Å². The largest absolute Gasteiger partial charge is 0.487 e. The Labute approximate surface area is 860 Å². The third-order valence-electron chi connectivity index (χ3n) is 29.4. The van der Waals surface area contributed by atoms with E-state index >= 15 is 0 Å². The van der Waals surface area contributed by atoms with Gasteiger partial charge in [-0.2, -0.15) is 0 Å². The summed E-state index contributed by atoms with van der Waals surface area (Å²) in [5.74, 6) is 7.61. The second kappa shape index (κ2) is 62.7. The lowest BCUT2D eigenvalue weighted by molar-refractivity contribution is -0.135. The molecule has 5 saturated heterocycles. The number of carbonyl (C=O) groups is 7. The van der Waals surface area contributed by atoms with E-state index in [1.165, 1.54) is 35.1 Å². The van der Waals surface area contributed by atoms with Crippen molar-refractivity contribution in [3.05, 3.63) is 144 Å². The van der Waals surface area contributed by atoms with Gasteiger partial charge in [0.05, 0.1) is 0 Å². The Morgan fingerprint density at radius 3 is 0.915 bits per heavy atom. The van der Waals surface area contributed by atoms with E-state index in [1.807, 2.05) is 101 Å². The first-order valence-corrected chi connectivity index (χ1v) is 54.4. The number of rotatable bonds is 31. The number of hydrogen-bond acceptors (Lipinski definition) is 16. The van der Waals surface area contributed by atoms with Crippen LogP contribution in [-0.2, 0) is 38.2 Å². The van der Waals surface area contributed by atoms with Crippen molar-refractivity contribution in [3.63, 3.8) is 0 Å². The number of likely N-dealkylation sites (tertiary alicyclic amines) is 2. The highest BCUT2D eigenvalue weighted by Gasteiger charge is 2.48. The Hall–Kier alpha value is -8.10. The summed E-state index contributed by atoms with van der Waals surface area (Å²) < 4.78 is 42.3. The first-order chi connectivity index (χ1) is 67.4. The molecule has 0 saturated carbocycles. The minimum atomic E-state index is -0.667. The molecule has 22 nitrogen and oxygen atoms in total. The molecule has 778 valence electrons. The summed E-state index contributed by atoms with van der Waals surface area (Å²) in [5, 5.41) is 13.0. The summed E-state index contributed by atoms with van der Waals surface area (Å²) in [6, 6.07) is 33.8. The molecule has 4 aromatic rings. The van der Waals surface area contributed by atoms with E-state index in [9.17, 15) is 33.6 Å². The maximum atomic E-state index is 12.7. The van der Waals surface area contributed by atoms with Crippen LogP contribution in [0.15, 0.2) is 122 Å². The van der Waals surface area contributed by atoms with Crippen molar-refractivity contribution in [1.82, 2.24) is 40.9 Å². The first kappa shape index (κ1) is 122. The Balaban J connectivity index is 0.000000269. The molecule has 6 radical (unpaired) electrons. The van der Waals surface area contributed by atoms with Crippen LogP contribution in [-0.4, -0.2) is 230 Å². The van der Waals surface area contributed by atoms with Crippen LogP contribution in [0.2, 0.25) is 0 Å². The van der Waals surface area contributed by atoms with Gasteiger partial charge in [-0.25, -0.2) is 9.59 Å². The third kappa shape index (κ3) is 40.7. The molecule has 9 aliphatic rings. The van der Waals surface area contributed by atoms with E-state index in [0.717, 1.165) is 275 Å². The fraction of sp³-hybridized carbons (Fsp3) is 0.693. The van der Waals surface area contributed by atoms with Crippen molar-refractivity contribution in [1.29, 1.82) is 0 Å². The summed E-state index contributed by atoms with van der Waals surface area (Å²) in [4.78, 5) is 92.5. The highest BCUT2D eigenvalue weighted by Crippen LogP contribution is 2.52. The Kier molecular flexibility index (Phi) is 54.0. The molecule has 0 bridgehead atoms. The number of hydrogen-bond donors (Lipinski definition) is 4. The SMILES string of the molecule is C1CCOC1.C=C=C=C.CCC(CC)C(=O)Cl.CCC(CC)C(=O)N(C)CCCC1CC2(CCN(C(=O)OC(C)(C)C)CC2)Oc2ccccc21.CCC(CC)C(=O)N(C)CCCC1CC2(CCNCC2)Oc2ccccc21.CCC(CC)C(=O)NCCCC1CC2(CCN(C(=O)OC(C)(C)C)CC2)Oc2ccccc21.CCC(CC)C(=O)NCCCC1CC2(CCNCC2)Oc2ccccc21.[B]B([B])[B]. The van der Waals surface area contributed by atoms with E-state index in [2.05, 4.69) is 209 Å². The van der Waals surface area contributed by atoms with Crippen LogP contribution < -0.4 is 40.2 Å². The molecule has 4 N–H and O–H groups in total. The summed E-state index contributed by atoms with van der Waals surface area (Å²) in [6.45, 7) is 50.3. The topological polar surface area (TPSA) is 245 Å². The molecule has 0 aliphatic carbocycles. The average Bonchev–Trinajstić information content (AvgIpc) is 0.991. The molecule has 141 heavy (non-hydrogen) atoms. The van der Waals surface area contributed by atoms with Gasteiger partial charge in [0.1, 0.15) is 56.6 Å². The van der Waals surface area contributed by atoms with Crippen LogP contribution in [0.3, 0.4) is 0 Å². The smallest absolute Gasteiger partial charge is 0.410 e. The lowest BCUT2D eigenvalue weighted by Gasteiger charge is -2.47. The van der Waals surface area contributed by atoms with Crippen LogP contribution in [0, 0.1) is 29.6 Å². The maximum Gasteiger partial charge on any atom is 0.410 e. The number of fused-ring (bicyclic) bond motifs is 4. The Bertz CT molecular complexity index is 4390. The standard InChI is InChI=1S/C28H44N2O4.C27H42N2O4.C23H36N2O2.C22H34N2O2.C6H11ClO.C4H8O.C4H4.B4/c1-7-21(8-2)25(31)29(6)17-11-12-22-20-28(33-24-14-10-9-13-23(22)24)15-18-30(19-16-28)26(32)34-27(3,4)5;1-6-20(7-2)24(30)28-16-10-11-21-19-27(32-23-13-9-8-12-22(21)23)14-17-29(18-15-27)25(31)33-26(3,4)5;1-4-18(5-2)22(26)25(3)16-8-9-19-17-23(12-14-24-15-13-23)27-21-11-7-6-10-20(19)21;1-3-17(4-2)21(25)24-13-7-8-18-16-22(11-14-23-15-12-22)26-20-10-6-5-9-19(18)20;1-3-5(4-2)6(7)8;1-2-4-5-3-1;1-3-4-2;1-4(2)3/h9-10,13-14,21-22H,7-8,11-12,15-20H2,1-6H3;8-9,12-13,20-21H,6-7,10-11,14-19H2,1-5H3,(H,28,30);6-7,10-11,18-19,24H,4-5,8-9,12-17H2,1-3H3;5-6,9-10,17-18,23H,3-4,7-8,11-16H2,1-2H3,(H,24,25);5H,3-4H2,1-2H3;1-4H2;1-2H2;. The molecule has 6 amide bonds. The Morgan fingerprint density at radius 2 is 0.688 bits per heavy atom. The number of halogens is 1. The highest BCUT2D eigenvalue weighted by molar-refractivity contribution is 7.49. The molecule has 13 rings (SSSR count). The second-order valence-electron chi connectivity index (χ2n) is 42.1. The number of benzene rings is 4. The van der Waals surface area contributed by atoms with Crippen molar-refractivity contribution < 1.29 is 66.7 Å². The van der Waals surface area contributed by atoms with Crippen molar-refractivity contribution >= 4 is 82.3 Å². The predicted molar refractivity (Wildman–Crippen MR) is 578 cm³/mol. The van der Waals surface area contributed by atoms with Crippen LogP contribution in [0.4, 0.5) is 9.59 Å². The van der Waals surface area contributed by atoms with Crippen LogP contribution >= 0.6 is 11.6 Å². The molecule has 4 aromatic carbocycles. The summed E-state index contributed by atoms with van der Waals surface area (Å²) >= 11 is 5.21. The molecule has 9 aliphatic heterocycles. The van der Waals surface area contributed by atoms with Crippen molar-refractivity contribution in [2.75, 3.05) is 106 Å². The van der Waals surface area contributed by atoms with Gasteiger partial charge in [-0.1, -0.05) is 153 Å². The number of piperidine rings is 4. The number of nitrogens with zero attached hydrogens (tertiary/aromatic N) is 4. The fourth-order valence-corrected chi connectivity index (χ4v) is 21.3. The van der Waals surface area contributed by atoms with Crippen LogP contribution in [0.5, 0.6) is 23.0 Å². The van der Waals surface area contributed by atoms with E-state index in [1.54, 1.807) is 0 Å². The molecular formula is C114H179B4ClN8O14. The van der Waals surface area contributed by atoms with Gasteiger partial charge >= 0.3 is 12.2 Å². The summed E-state index contributed by atoms with van der Waals surface area (Å²) in [5.41, 5.74) is 8.44. The van der Waals surface area contributed by atoms with Crippen LogP contribution in [0.1, 0.15) is 362 Å². The molecule has 9 heterocycles. The second-order valence-corrected chi connectivity index (χ2v) is 42.5. The minimum Gasteiger partial charge on any atom is -0.487 e. The molecule has 0 aromatic heterocycles. The lowest BCUT2D eigenvalue weighted by Crippen LogP contribution is -2.52. The zero-order chi connectivity index (χ0) is 104. The third-order valence-corrected chi connectivity index (χ3v) is 29.7. The van der Waals surface area contributed by atoms with Crippen molar-refractivity contribution in [3.8, 4) is 23.0 Å². The number of nitrogens with one attached hydrogen (secondary N) is 4. The quantitative estimate of drug-likeness (QED) is 0.0158. The van der Waals surface area contributed by atoms with Crippen LogP contribution in [0.25, 0.3) is 0 Å². The number of para-hydroxylation sites is 4. The van der Waals surface area contributed by atoms with Gasteiger partial charge in [0, 0.05) is 165 Å². The van der Waals surface area contributed by atoms with Gasteiger partial charge in [0.25, 0.3) is 0 Å². The monoisotopic (exact) mass is 1960 g/mol. The van der Waals surface area contributed by atoms with Crippen molar-refractivity contribution in [2.45, 2.75) is 374 Å². The number of amides is 6. The molecular weight excluding hydrogens is 1780 g/mol. The minimum absolute atomic E-state index is 0.00150. The average molecular weight is 1960 g/mol. The summed E-state index contributed by atoms with van der Waals surface area (Å²) in [6.07, 6.45) is 30.4. The lowest BCUT2D eigenvalue weighted by atomic mass is 9.08. The van der Waals surface area contributed by atoms with E-state index in [4.69, 9.17) is 44.8 Å². The van der Waals surface area contributed by atoms with Crippen molar-refractivity contribution in [2.24, 2.45) is 29.6 Å². The van der Waals surface area contributed by atoms with Gasteiger partial charge in [0.15, 0.2) is 0 Å². The summed E-state index contributed by atoms with van der Waals surface area (Å²) in [7, 11) is 17.9. The fourth-order valence-electron chi connectivity index (χ4n) is 21.0. The molecule has 5 fully saturated rings. The number of ether oxygens (including phenoxy) is 7. The van der Waals surface area contributed by atoms with Gasteiger partial charge in [0.2, 0.25) is 28.9 Å². The maximum absolute atomic E-state index is 12.7. The highest BCUT2D eigenvalue weighted by atomic mass is 35.5. The molecule has 4 spiro atoms. The zero-order valence-corrected chi connectivity index (χ0v) is 90.8. The van der Waals surface area contributed by atoms with Gasteiger partial charge in [-0.3, -0.25) is 24.0 Å². The number of carbonyl (C=O) groups excluding carboxylic acids is 7. The molecule has 4 atom stereocenters. The normalized spacial score (nSPS) is 18.9. The van der Waals surface area contributed by atoms with Gasteiger partial charge < -0.3 is 74.0 Å². The predicted octanol–water partition coefficient (Wildman–Crippen LogP) is 22.6. The van der Waals surface area contributed by atoms with Gasteiger partial charge in [-0.15, -0.1) is 0 Å². The molecule has 27 heteroatoms.